The molecule has 0 spiro atoms. The third kappa shape index (κ3) is 2.88. The van der Waals surface area contributed by atoms with Crippen LogP contribution in [0.15, 0.2) is 18.2 Å². The molecule has 0 unspecified atom stereocenters. The fraction of sp³-hybridized carbons (Fsp3) is 0.455. The average molecular weight is 217 g/mol. The number of anilines is 1. The Bertz CT molecular complexity index is 331. The number of alkyl halides is 3. The number of unbranched alkanes of at least 4 members (excludes halogenated alkanes) is 1. The molecule has 2 N–H and O–H groups in total. The van der Waals surface area contributed by atoms with Crippen LogP contribution in [0.4, 0.5) is 18.9 Å². The molecule has 1 aromatic rings. The smallest absolute Gasteiger partial charge is 0.398 e. The highest BCUT2D eigenvalue weighted by Crippen LogP contribution is 2.35. The first kappa shape index (κ1) is 11.9. The molecule has 0 amide bonds. The summed E-state index contributed by atoms with van der Waals surface area (Å²) in [5.74, 6) is 0. The van der Waals surface area contributed by atoms with Gasteiger partial charge in [-0.2, -0.15) is 13.2 Å². The van der Waals surface area contributed by atoms with Gasteiger partial charge in [0.15, 0.2) is 0 Å². The zero-order valence-corrected chi connectivity index (χ0v) is 8.56. The van der Waals surface area contributed by atoms with Gasteiger partial charge in [0, 0.05) is 5.69 Å². The van der Waals surface area contributed by atoms with Crippen molar-refractivity contribution >= 4 is 5.69 Å². The molecule has 1 rings (SSSR count). The molecule has 0 radical (unpaired) electrons. The van der Waals surface area contributed by atoms with Gasteiger partial charge in [0.1, 0.15) is 0 Å². The Morgan fingerprint density at radius 1 is 1.27 bits per heavy atom. The third-order valence-electron chi connectivity index (χ3n) is 2.30. The van der Waals surface area contributed by atoms with Crippen LogP contribution in [0.2, 0.25) is 0 Å². The summed E-state index contributed by atoms with van der Waals surface area (Å²) in [6.07, 6.45) is -1.96. The van der Waals surface area contributed by atoms with Crippen molar-refractivity contribution < 1.29 is 13.2 Å². The molecule has 0 saturated heterocycles. The van der Waals surface area contributed by atoms with Crippen molar-refractivity contribution in [1.29, 1.82) is 0 Å². The van der Waals surface area contributed by atoms with E-state index in [0.29, 0.717) is 12.0 Å². The van der Waals surface area contributed by atoms with Gasteiger partial charge in [0.25, 0.3) is 0 Å². The van der Waals surface area contributed by atoms with Crippen molar-refractivity contribution in [1.82, 2.24) is 0 Å². The molecular formula is C11H14F3N. The number of halogens is 3. The number of aryl methyl sites for hydroxylation is 1. The normalized spacial score (nSPS) is 11.7. The van der Waals surface area contributed by atoms with Crippen molar-refractivity contribution in [3.63, 3.8) is 0 Å². The van der Waals surface area contributed by atoms with Gasteiger partial charge in [0.2, 0.25) is 0 Å². The van der Waals surface area contributed by atoms with Crippen LogP contribution in [-0.2, 0) is 12.6 Å². The summed E-state index contributed by atoms with van der Waals surface area (Å²) >= 11 is 0. The monoisotopic (exact) mass is 217 g/mol. The number of hydrogen-bond acceptors (Lipinski definition) is 1. The molecule has 0 aliphatic heterocycles. The topological polar surface area (TPSA) is 26.0 Å². The van der Waals surface area contributed by atoms with E-state index in [1.54, 1.807) is 6.07 Å². The van der Waals surface area contributed by atoms with E-state index in [4.69, 9.17) is 5.73 Å². The van der Waals surface area contributed by atoms with Crippen molar-refractivity contribution in [2.45, 2.75) is 32.4 Å². The number of para-hydroxylation sites is 1. The molecule has 1 nitrogen and oxygen atoms in total. The molecule has 4 heteroatoms. The van der Waals surface area contributed by atoms with E-state index in [9.17, 15) is 13.2 Å². The minimum atomic E-state index is -4.35. The van der Waals surface area contributed by atoms with E-state index in [-0.39, 0.29) is 5.69 Å². The standard InChI is InChI=1S/C11H14F3N/c1-2-3-5-8-6-4-7-9(10(8)15)11(12,13)14/h4,6-7H,2-3,5,15H2,1H3. The summed E-state index contributed by atoms with van der Waals surface area (Å²) in [4.78, 5) is 0. The zero-order valence-electron chi connectivity index (χ0n) is 8.56. The summed E-state index contributed by atoms with van der Waals surface area (Å²) in [6, 6.07) is 4.08. The van der Waals surface area contributed by atoms with Gasteiger partial charge in [-0.05, 0) is 24.5 Å². The summed E-state index contributed by atoms with van der Waals surface area (Å²) in [7, 11) is 0. The number of nitrogen functional groups attached to an aromatic ring is 1. The molecule has 0 aromatic heterocycles. The molecule has 0 atom stereocenters. The second-order valence-corrected chi connectivity index (χ2v) is 3.48. The molecule has 0 fully saturated rings. The summed E-state index contributed by atoms with van der Waals surface area (Å²) in [5.41, 5.74) is 5.23. The van der Waals surface area contributed by atoms with Gasteiger partial charge in [-0.15, -0.1) is 0 Å². The lowest BCUT2D eigenvalue weighted by Crippen LogP contribution is -2.10. The minimum Gasteiger partial charge on any atom is -0.398 e. The van der Waals surface area contributed by atoms with Gasteiger partial charge in [-0.1, -0.05) is 25.5 Å². The number of nitrogens with two attached hydrogens (primary N) is 1. The van der Waals surface area contributed by atoms with Crippen molar-refractivity contribution in [2.75, 3.05) is 5.73 Å². The zero-order chi connectivity index (χ0) is 11.5. The molecular weight excluding hydrogens is 203 g/mol. The maximum atomic E-state index is 12.5. The van der Waals surface area contributed by atoms with Crippen LogP contribution in [0.5, 0.6) is 0 Å². The highest BCUT2D eigenvalue weighted by Gasteiger charge is 2.33. The van der Waals surface area contributed by atoms with E-state index < -0.39 is 11.7 Å². The van der Waals surface area contributed by atoms with Crippen LogP contribution >= 0.6 is 0 Å². The minimum absolute atomic E-state index is 0.126. The fourth-order valence-corrected chi connectivity index (χ4v) is 1.45. The van der Waals surface area contributed by atoms with Crippen LogP contribution in [-0.4, -0.2) is 0 Å². The average Bonchev–Trinajstić information content (AvgIpc) is 2.14. The Morgan fingerprint density at radius 3 is 2.47 bits per heavy atom. The van der Waals surface area contributed by atoms with E-state index in [0.717, 1.165) is 18.9 Å². The predicted octanol–water partition coefficient (Wildman–Crippen LogP) is 3.63. The molecule has 0 aliphatic carbocycles. The second kappa shape index (κ2) is 4.55. The fourth-order valence-electron chi connectivity index (χ4n) is 1.45. The van der Waals surface area contributed by atoms with Crippen LogP contribution in [0.25, 0.3) is 0 Å². The number of benzene rings is 1. The highest BCUT2D eigenvalue weighted by atomic mass is 19.4. The quantitative estimate of drug-likeness (QED) is 0.768. The van der Waals surface area contributed by atoms with Gasteiger partial charge in [-0.25, -0.2) is 0 Å². The number of hydrogen-bond donors (Lipinski definition) is 1. The van der Waals surface area contributed by atoms with E-state index in [2.05, 4.69) is 0 Å². The van der Waals surface area contributed by atoms with E-state index in [1.807, 2.05) is 6.92 Å². The first-order chi connectivity index (χ1) is 6.96. The molecule has 0 aliphatic rings. The first-order valence-corrected chi connectivity index (χ1v) is 4.91. The predicted molar refractivity (Wildman–Crippen MR) is 54.5 cm³/mol. The van der Waals surface area contributed by atoms with Crippen LogP contribution in [0.3, 0.4) is 0 Å². The molecule has 0 heterocycles. The molecule has 0 saturated carbocycles. The van der Waals surface area contributed by atoms with Crippen molar-refractivity contribution in [2.24, 2.45) is 0 Å². The largest absolute Gasteiger partial charge is 0.418 e. The van der Waals surface area contributed by atoms with Gasteiger partial charge in [-0.3, -0.25) is 0 Å². The summed E-state index contributed by atoms with van der Waals surface area (Å²) < 4.78 is 37.4. The van der Waals surface area contributed by atoms with Gasteiger partial charge >= 0.3 is 6.18 Å². The van der Waals surface area contributed by atoms with Crippen LogP contribution in [0.1, 0.15) is 30.9 Å². The third-order valence-corrected chi connectivity index (χ3v) is 2.30. The van der Waals surface area contributed by atoms with Crippen LogP contribution < -0.4 is 5.73 Å². The van der Waals surface area contributed by atoms with Crippen molar-refractivity contribution in [3.8, 4) is 0 Å². The summed E-state index contributed by atoms with van der Waals surface area (Å²) in [5, 5.41) is 0. The summed E-state index contributed by atoms with van der Waals surface area (Å²) in [6.45, 7) is 1.99. The van der Waals surface area contributed by atoms with Gasteiger partial charge in [0.05, 0.1) is 5.56 Å². The Labute approximate surface area is 87.1 Å². The number of rotatable bonds is 3. The Morgan fingerprint density at radius 2 is 1.93 bits per heavy atom. The van der Waals surface area contributed by atoms with Gasteiger partial charge < -0.3 is 5.73 Å². The lowest BCUT2D eigenvalue weighted by Gasteiger charge is -2.13. The molecule has 0 bridgehead atoms. The lowest BCUT2D eigenvalue weighted by atomic mass is 10.0. The van der Waals surface area contributed by atoms with E-state index >= 15 is 0 Å². The highest BCUT2D eigenvalue weighted by molar-refractivity contribution is 5.55. The second-order valence-electron chi connectivity index (χ2n) is 3.48. The maximum Gasteiger partial charge on any atom is 0.418 e. The Kier molecular flexibility index (Phi) is 3.61. The molecule has 1 aromatic carbocycles. The SMILES string of the molecule is CCCCc1cccc(C(F)(F)F)c1N. The van der Waals surface area contributed by atoms with Crippen LogP contribution in [0, 0.1) is 0 Å². The van der Waals surface area contributed by atoms with Crippen molar-refractivity contribution in [3.05, 3.63) is 29.3 Å². The Balaban J connectivity index is 3.01. The first-order valence-electron chi connectivity index (χ1n) is 4.91. The Hall–Kier alpha value is -1.19. The van der Waals surface area contributed by atoms with E-state index in [1.165, 1.54) is 6.07 Å². The molecule has 84 valence electrons. The molecule has 15 heavy (non-hydrogen) atoms. The maximum absolute atomic E-state index is 12.5. The lowest BCUT2D eigenvalue weighted by molar-refractivity contribution is -0.136.